The molecule has 0 saturated carbocycles. The van der Waals surface area contributed by atoms with Crippen LogP contribution in [0.4, 0.5) is 0 Å². The fourth-order valence-corrected chi connectivity index (χ4v) is 3.41. The molecule has 150 valence electrons. The van der Waals surface area contributed by atoms with Crippen molar-refractivity contribution in [1.29, 1.82) is 0 Å². The van der Waals surface area contributed by atoms with Gasteiger partial charge >= 0.3 is 0 Å². The van der Waals surface area contributed by atoms with Gasteiger partial charge in [-0.3, -0.25) is 9.69 Å². The van der Waals surface area contributed by atoms with Crippen molar-refractivity contribution in [3.05, 3.63) is 70.2 Å². The summed E-state index contributed by atoms with van der Waals surface area (Å²) >= 11 is 6.09. The zero-order chi connectivity index (χ0) is 19.8. The molecule has 28 heavy (non-hydrogen) atoms. The molecule has 2 aromatic rings. The molecule has 6 heteroatoms. The van der Waals surface area contributed by atoms with Crippen LogP contribution in [-0.4, -0.2) is 55.5 Å². The fraction of sp³-hybridized carbons (Fsp3) is 0.409. The standard InChI is InChI=1S/C22H28ClN3O2/c1-25-9-11-26(12-10-25)15-19-6-4-5-18(13-19)14-24-22(27)17-28-16-20-7-2-3-8-21(20)23/h2-8,13H,9-12,14-17H2,1H3,(H,24,27). The van der Waals surface area contributed by atoms with Gasteiger partial charge in [0.15, 0.2) is 0 Å². The van der Waals surface area contributed by atoms with Crippen molar-refractivity contribution >= 4 is 17.5 Å². The summed E-state index contributed by atoms with van der Waals surface area (Å²) in [6.45, 7) is 6.23. The summed E-state index contributed by atoms with van der Waals surface area (Å²) in [5, 5.41) is 3.57. The molecular formula is C22H28ClN3O2. The minimum atomic E-state index is -0.128. The SMILES string of the molecule is CN1CCN(Cc2cccc(CNC(=O)COCc3ccccc3Cl)c2)CC1. The molecule has 0 atom stereocenters. The summed E-state index contributed by atoms with van der Waals surface area (Å²) in [7, 11) is 2.17. The first-order chi connectivity index (χ1) is 13.6. The lowest BCUT2D eigenvalue weighted by Gasteiger charge is -2.32. The van der Waals surface area contributed by atoms with Crippen LogP contribution < -0.4 is 5.32 Å². The number of amides is 1. The third kappa shape index (κ3) is 6.60. The molecule has 0 aromatic heterocycles. The number of rotatable bonds is 8. The minimum Gasteiger partial charge on any atom is -0.367 e. The smallest absolute Gasteiger partial charge is 0.246 e. The van der Waals surface area contributed by atoms with Crippen LogP contribution in [-0.2, 0) is 29.2 Å². The van der Waals surface area contributed by atoms with Crippen molar-refractivity contribution in [3.63, 3.8) is 0 Å². The van der Waals surface area contributed by atoms with Gasteiger partial charge < -0.3 is 15.0 Å². The van der Waals surface area contributed by atoms with Crippen LogP contribution in [0.5, 0.6) is 0 Å². The molecular weight excluding hydrogens is 374 g/mol. The van der Waals surface area contributed by atoms with E-state index in [2.05, 4.69) is 40.4 Å². The Bertz CT molecular complexity index is 776. The fourth-order valence-electron chi connectivity index (χ4n) is 3.22. The van der Waals surface area contributed by atoms with Gasteiger partial charge in [0.25, 0.3) is 0 Å². The Kier molecular flexibility index (Phi) is 7.86. The number of benzene rings is 2. The van der Waals surface area contributed by atoms with Crippen LogP contribution in [0.2, 0.25) is 5.02 Å². The molecule has 1 fully saturated rings. The first-order valence-corrected chi connectivity index (χ1v) is 10.0. The van der Waals surface area contributed by atoms with E-state index >= 15 is 0 Å². The number of likely N-dealkylation sites (N-methyl/N-ethyl adjacent to an activating group) is 1. The van der Waals surface area contributed by atoms with Gasteiger partial charge in [0.1, 0.15) is 6.61 Å². The average molecular weight is 402 g/mol. The van der Waals surface area contributed by atoms with E-state index in [1.165, 1.54) is 5.56 Å². The number of hydrogen-bond acceptors (Lipinski definition) is 4. The highest BCUT2D eigenvalue weighted by molar-refractivity contribution is 6.31. The summed E-state index contributed by atoms with van der Waals surface area (Å²) < 4.78 is 5.48. The minimum absolute atomic E-state index is 0.0200. The van der Waals surface area contributed by atoms with Gasteiger partial charge in [0.2, 0.25) is 5.91 Å². The van der Waals surface area contributed by atoms with Crippen LogP contribution in [0.15, 0.2) is 48.5 Å². The molecule has 1 amide bonds. The largest absolute Gasteiger partial charge is 0.367 e. The van der Waals surface area contributed by atoms with Gasteiger partial charge in [-0.15, -0.1) is 0 Å². The lowest BCUT2D eigenvalue weighted by molar-refractivity contribution is -0.126. The number of carbonyl (C=O) groups is 1. The van der Waals surface area contributed by atoms with Gasteiger partial charge in [-0.2, -0.15) is 0 Å². The topological polar surface area (TPSA) is 44.8 Å². The normalized spacial score (nSPS) is 15.5. The van der Waals surface area contributed by atoms with E-state index < -0.39 is 0 Å². The van der Waals surface area contributed by atoms with Crippen molar-refractivity contribution in [3.8, 4) is 0 Å². The Morgan fingerprint density at radius 2 is 1.82 bits per heavy atom. The lowest BCUT2D eigenvalue weighted by Crippen LogP contribution is -2.43. The lowest BCUT2D eigenvalue weighted by atomic mass is 10.1. The van der Waals surface area contributed by atoms with Crippen LogP contribution in [0.1, 0.15) is 16.7 Å². The van der Waals surface area contributed by atoms with E-state index in [0.29, 0.717) is 18.2 Å². The maximum Gasteiger partial charge on any atom is 0.246 e. The summed E-state index contributed by atoms with van der Waals surface area (Å²) in [5.74, 6) is -0.128. The maximum atomic E-state index is 12.0. The average Bonchev–Trinajstić information content (AvgIpc) is 2.70. The van der Waals surface area contributed by atoms with E-state index in [1.54, 1.807) is 0 Å². The molecule has 1 saturated heterocycles. The van der Waals surface area contributed by atoms with Crippen LogP contribution in [0.25, 0.3) is 0 Å². The van der Waals surface area contributed by atoms with Crippen molar-refractivity contribution < 1.29 is 9.53 Å². The molecule has 2 aromatic carbocycles. The molecule has 1 N–H and O–H groups in total. The van der Waals surface area contributed by atoms with Gasteiger partial charge in [0, 0.05) is 44.3 Å². The molecule has 1 aliphatic rings. The van der Waals surface area contributed by atoms with Gasteiger partial charge in [0.05, 0.1) is 6.61 Å². The number of halogens is 1. The Labute approximate surface area is 172 Å². The number of carbonyl (C=O) groups excluding carboxylic acids is 1. The second-order valence-corrected chi connectivity index (χ2v) is 7.67. The van der Waals surface area contributed by atoms with Crippen LogP contribution in [0, 0.1) is 0 Å². The highest BCUT2D eigenvalue weighted by atomic mass is 35.5. The molecule has 5 nitrogen and oxygen atoms in total. The monoisotopic (exact) mass is 401 g/mol. The van der Waals surface area contributed by atoms with Crippen LogP contribution in [0.3, 0.4) is 0 Å². The van der Waals surface area contributed by atoms with Gasteiger partial charge in [-0.05, 0) is 29.8 Å². The third-order valence-electron chi connectivity index (χ3n) is 4.93. The zero-order valence-corrected chi connectivity index (χ0v) is 17.1. The highest BCUT2D eigenvalue weighted by Crippen LogP contribution is 2.15. The van der Waals surface area contributed by atoms with Crippen LogP contribution >= 0.6 is 11.6 Å². The van der Waals surface area contributed by atoms with Crippen molar-refractivity contribution in [2.45, 2.75) is 19.7 Å². The summed E-state index contributed by atoms with van der Waals surface area (Å²) in [5.41, 5.74) is 3.27. The molecule has 0 bridgehead atoms. The van der Waals surface area contributed by atoms with Crippen molar-refractivity contribution in [2.24, 2.45) is 0 Å². The second-order valence-electron chi connectivity index (χ2n) is 7.26. The molecule has 1 heterocycles. The molecule has 0 unspecified atom stereocenters. The zero-order valence-electron chi connectivity index (χ0n) is 16.4. The van der Waals surface area contributed by atoms with E-state index in [1.807, 2.05) is 30.3 Å². The first kappa shape index (κ1) is 20.8. The molecule has 0 spiro atoms. The quantitative estimate of drug-likeness (QED) is 0.738. The van der Waals surface area contributed by atoms with E-state index in [0.717, 1.165) is 43.9 Å². The summed E-state index contributed by atoms with van der Waals surface area (Å²) in [6.07, 6.45) is 0. The Morgan fingerprint density at radius 3 is 2.61 bits per heavy atom. The molecule has 3 rings (SSSR count). The van der Waals surface area contributed by atoms with Crippen molar-refractivity contribution in [2.75, 3.05) is 39.8 Å². The molecule has 0 aliphatic carbocycles. The Hall–Kier alpha value is -1.92. The van der Waals surface area contributed by atoms with E-state index in [9.17, 15) is 4.79 Å². The molecule has 1 aliphatic heterocycles. The number of hydrogen-bond donors (Lipinski definition) is 1. The third-order valence-corrected chi connectivity index (χ3v) is 5.30. The Morgan fingerprint density at radius 1 is 1.07 bits per heavy atom. The predicted octanol–water partition coefficient (Wildman–Crippen LogP) is 2.92. The molecule has 0 radical (unpaired) electrons. The number of nitrogens with one attached hydrogen (secondary N) is 1. The van der Waals surface area contributed by atoms with Gasteiger partial charge in [-0.25, -0.2) is 0 Å². The number of piperazine rings is 1. The van der Waals surface area contributed by atoms with Crippen molar-refractivity contribution in [1.82, 2.24) is 15.1 Å². The number of nitrogens with zero attached hydrogens (tertiary/aromatic N) is 2. The second kappa shape index (κ2) is 10.6. The van der Waals surface area contributed by atoms with Gasteiger partial charge in [-0.1, -0.05) is 54.1 Å². The highest BCUT2D eigenvalue weighted by Gasteiger charge is 2.14. The maximum absolute atomic E-state index is 12.0. The van der Waals surface area contributed by atoms with E-state index in [-0.39, 0.29) is 12.5 Å². The Balaban J connectivity index is 1.40. The first-order valence-electron chi connectivity index (χ1n) is 9.67. The summed E-state index contributed by atoms with van der Waals surface area (Å²) in [6, 6.07) is 15.9. The number of ether oxygens (including phenoxy) is 1. The van der Waals surface area contributed by atoms with E-state index in [4.69, 9.17) is 16.3 Å². The predicted molar refractivity (Wildman–Crippen MR) is 112 cm³/mol. The summed E-state index contributed by atoms with van der Waals surface area (Å²) in [4.78, 5) is 16.9.